The van der Waals surface area contributed by atoms with Gasteiger partial charge in [0.15, 0.2) is 0 Å². The maximum absolute atomic E-state index is 13.2. The zero-order chi connectivity index (χ0) is 19.7. The van der Waals surface area contributed by atoms with E-state index in [0.29, 0.717) is 5.69 Å². The Morgan fingerprint density at radius 2 is 1.96 bits per heavy atom. The van der Waals surface area contributed by atoms with Gasteiger partial charge in [0, 0.05) is 23.7 Å². The van der Waals surface area contributed by atoms with Gasteiger partial charge < -0.3 is 14.6 Å². The lowest BCUT2D eigenvalue weighted by atomic mass is 10.0. The van der Waals surface area contributed by atoms with E-state index >= 15 is 0 Å². The van der Waals surface area contributed by atoms with E-state index in [1.165, 1.54) is 34.2 Å². The van der Waals surface area contributed by atoms with E-state index in [0.717, 1.165) is 35.8 Å². The molecule has 2 aromatic carbocycles. The lowest BCUT2D eigenvalue weighted by Gasteiger charge is -2.16. The number of hydrogen-bond acceptors (Lipinski definition) is 3. The molecule has 0 spiro atoms. The summed E-state index contributed by atoms with van der Waals surface area (Å²) >= 11 is 0. The number of nitrogens with one attached hydrogen (secondary N) is 1. The highest BCUT2D eigenvalue weighted by Gasteiger charge is 2.19. The number of carbonyl (C=O) groups excluding carboxylic acids is 2. The van der Waals surface area contributed by atoms with Crippen LogP contribution in [0.4, 0.5) is 10.1 Å². The third-order valence-corrected chi connectivity index (χ3v) is 5.12. The molecule has 1 aliphatic rings. The molecule has 0 saturated carbocycles. The first-order chi connectivity index (χ1) is 13.5. The van der Waals surface area contributed by atoms with Crippen LogP contribution >= 0.6 is 0 Å². The van der Waals surface area contributed by atoms with Crippen molar-refractivity contribution < 1.29 is 18.4 Å². The zero-order valence-corrected chi connectivity index (χ0v) is 15.6. The molecule has 5 nitrogen and oxygen atoms in total. The van der Waals surface area contributed by atoms with Gasteiger partial charge in [-0.3, -0.25) is 9.59 Å². The molecule has 4 rings (SSSR count). The predicted molar refractivity (Wildman–Crippen MR) is 105 cm³/mol. The van der Waals surface area contributed by atoms with Gasteiger partial charge in [-0.1, -0.05) is 6.07 Å². The topological polar surface area (TPSA) is 62.6 Å². The Morgan fingerprint density at radius 1 is 1.18 bits per heavy atom. The Morgan fingerprint density at radius 3 is 2.75 bits per heavy atom. The van der Waals surface area contributed by atoms with E-state index < -0.39 is 5.82 Å². The monoisotopic (exact) mass is 380 g/mol. The van der Waals surface area contributed by atoms with Crippen LogP contribution in [0.2, 0.25) is 0 Å². The van der Waals surface area contributed by atoms with Crippen molar-refractivity contribution in [1.82, 2.24) is 4.90 Å². The standard InChI is InChI=1S/C22H21FN2O3/c1-25(12-21(26)24-18-7-3-6-17(23)11-18)22(27)10-16-13-28-20-9-15-5-2-4-14(15)8-19(16)20/h3,6-9,11,13H,2,4-5,10,12H2,1H3,(H,24,26). The molecule has 0 unspecified atom stereocenters. The number of carbonyl (C=O) groups is 2. The molecule has 3 aromatic rings. The lowest BCUT2D eigenvalue weighted by molar-refractivity contribution is -0.132. The van der Waals surface area contributed by atoms with E-state index in [1.54, 1.807) is 19.4 Å². The van der Waals surface area contributed by atoms with E-state index in [-0.39, 0.29) is 24.8 Å². The maximum atomic E-state index is 13.2. The second kappa shape index (κ2) is 7.46. The van der Waals surface area contributed by atoms with Gasteiger partial charge in [0.1, 0.15) is 11.4 Å². The number of hydrogen-bond donors (Lipinski definition) is 1. The lowest BCUT2D eigenvalue weighted by Crippen LogP contribution is -2.35. The Balaban J connectivity index is 1.40. The van der Waals surface area contributed by atoms with E-state index in [4.69, 9.17) is 4.42 Å². The summed E-state index contributed by atoms with van der Waals surface area (Å²) in [6, 6.07) is 9.84. The van der Waals surface area contributed by atoms with Crippen molar-refractivity contribution in [2.24, 2.45) is 0 Å². The van der Waals surface area contributed by atoms with E-state index in [2.05, 4.69) is 17.4 Å². The molecule has 1 N–H and O–H groups in total. The van der Waals surface area contributed by atoms with Gasteiger partial charge in [-0.15, -0.1) is 0 Å². The number of fused-ring (bicyclic) bond motifs is 2. The van der Waals surface area contributed by atoms with Crippen LogP contribution in [-0.2, 0) is 28.9 Å². The first-order valence-corrected chi connectivity index (χ1v) is 9.31. The molecule has 2 amide bonds. The van der Waals surface area contributed by atoms with Crippen molar-refractivity contribution in [3.63, 3.8) is 0 Å². The summed E-state index contributed by atoms with van der Waals surface area (Å²) in [4.78, 5) is 26.1. The van der Waals surface area contributed by atoms with Crippen LogP contribution in [0.5, 0.6) is 0 Å². The summed E-state index contributed by atoms with van der Waals surface area (Å²) in [5.41, 5.74) is 4.64. The minimum Gasteiger partial charge on any atom is -0.464 e. The maximum Gasteiger partial charge on any atom is 0.243 e. The summed E-state index contributed by atoms with van der Waals surface area (Å²) in [5, 5.41) is 3.56. The van der Waals surface area contributed by atoms with Crippen LogP contribution in [0.3, 0.4) is 0 Å². The van der Waals surface area contributed by atoms with Crippen molar-refractivity contribution in [2.45, 2.75) is 25.7 Å². The molecular formula is C22H21FN2O3. The van der Waals surface area contributed by atoms with Crippen molar-refractivity contribution in [1.29, 1.82) is 0 Å². The Kier molecular flexibility index (Phi) is 4.86. The van der Waals surface area contributed by atoms with Crippen molar-refractivity contribution in [3.05, 3.63) is 65.2 Å². The Hall–Kier alpha value is -3.15. The molecule has 0 aliphatic heterocycles. The second-order valence-corrected chi connectivity index (χ2v) is 7.22. The van der Waals surface area contributed by atoms with Gasteiger partial charge in [0.2, 0.25) is 11.8 Å². The number of rotatable bonds is 5. The van der Waals surface area contributed by atoms with Crippen molar-refractivity contribution in [2.75, 3.05) is 18.9 Å². The number of likely N-dealkylation sites (N-methyl/N-ethyl adjacent to an activating group) is 1. The van der Waals surface area contributed by atoms with Crippen LogP contribution in [0, 0.1) is 5.82 Å². The predicted octanol–water partition coefficient (Wildman–Crippen LogP) is 3.70. The van der Waals surface area contributed by atoms with E-state index in [1.807, 2.05) is 0 Å². The quantitative estimate of drug-likeness (QED) is 0.734. The summed E-state index contributed by atoms with van der Waals surface area (Å²) in [7, 11) is 1.58. The number of amides is 2. The minimum absolute atomic E-state index is 0.111. The number of halogens is 1. The first-order valence-electron chi connectivity index (χ1n) is 9.31. The molecule has 6 heteroatoms. The normalized spacial score (nSPS) is 12.8. The number of aryl methyl sites for hydroxylation is 2. The van der Waals surface area contributed by atoms with Gasteiger partial charge >= 0.3 is 0 Å². The summed E-state index contributed by atoms with van der Waals surface area (Å²) in [6.07, 6.45) is 5.07. The number of anilines is 1. The second-order valence-electron chi connectivity index (χ2n) is 7.22. The Labute approximate surface area is 162 Å². The van der Waals surface area contributed by atoms with E-state index in [9.17, 15) is 14.0 Å². The molecule has 144 valence electrons. The molecular weight excluding hydrogens is 359 g/mol. The van der Waals surface area contributed by atoms with Crippen molar-refractivity contribution in [3.8, 4) is 0 Å². The average molecular weight is 380 g/mol. The molecule has 0 saturated heterocycles. The van der Waals surface area contributed by atoms with Crippen molar-refractivity contribution >= 4 is 28.5 Å². The van der Waals surface area contributed by atoms with Crippen LogP contribution in [-0.4, -0.2) is 30.3 Å². The molecule has 0 bridgehead atoms. The number of furan rings is 1. The third-order valence-electron chi connectivity index (χ3n) is 5.12. The highest BCUT2D eigenvalue weighted by Crippen LogP contribution is 2.30. The molecule has 0 fully saturated rings. The fourth-order valence-corrected chi connectivity index (χ4v) is 3.65. The Bertz CT molecular complexity index is 1060. The van der Waals surface area contributed by atoms with Gasteiger partial charge in [-0.2, -0.15) is 0 Å². The largest absolute Gasteiger partial charge is 0.464 e. The SMILES string of the molecule is CN(CC(=O)Nc1cccc(F)c1)C(=O)Cc1coc2cc3c(cc12)CCC3. The van der Waals surface area contributed by atoms with Crippen LogP contribution in [0.15, 0.2) is 47.1 Å². The first kappa shape index (κ1) is 18.2. The van der Waals surface area contributed by atoms with Gasteiger partial charge in [0.05, 0.1) is 19.2 Å². The summed E-state index contributed by atoms with van der Waals surface area (Å²) in [5.74, 6) is -0.991. The molecule has 1 aliphatic carbocycles. The van der Waals surface area contributed by atoms with Gasteiger partial charge in [-0.25, -0.2) is 4.39 Å². The fourth-order valence-electron chi connectivity index (χ4n) is 3.65. The summed E-state index contributed by atoms with van der Waals surface area (Å²) < 4.78 is 18.8. The summed E-state index contributed by atoms with van der Waals surface area (Å²) in [6.45, 7) is -0.111. The number of benzene rings is 2. The molecule has 1 heterocycles. The highest BCUT2D eigenvalue weighted by atomic mass is 19.1. The van der Waals surface area contributed by atoms with Gasteiger partial charge in [0.25, 0.3) is 0 Å². The minimum atomic E-state index is -0.430. The van der Waals surface area contributed by atoms with Gasteiger partial charge in [-0.05, 0) is 60.7 Å². The third kappa shape index (κ3) is 3.76. The highest BCUT2D eigenvalue weighted by molar-refractivity contribution is 5.95. The molecule has 1 aromatic heterocycles. The molecule has 0 radical (unpaired) electrons. The molecule has 28 heavy (non-hydrogen) atoms. The van der Waals surface area contributed by atoms with Crippen LogP contribution in [0.25, 0.3) is 11.0 Å². The van der Waals surface area contributed by atoms with Crippen LogP contribution in [0.1, 0.15) is 23.1 Å². The smallest absolute Gasteiger partial charge is 0.243 e. The molecule has 0 atom stereocenters. The zero-order valence-electron chi connectivity index (χ0n) is 15.6. The van der Waals surface area contributed by atoms with Crippen LogP contribution < -0.4 is 5.32 Å². The number of nitrogens with zero attached hydrogens (tertiary/aromatic N) is 1. The fraction of sp³-hybridized carbons (Fsp3) is 0.273. The average Bonchev–Trinajstić information content (AvgIpc) is 3.26.